The van der Waals surface area contributed by atoms with Gasteiger partial charge in [0.1, 0.15) is 0 Å². The van der Waals surface area contributed by atoms with E-state index in [4.69, 9.17) is 4.82 Å². The van der Waals surface area contributed by atoms with E-state index in [9.17, 15) is 0 Å². The Labute approximate surface area is 228 Å². The predicted octanol–water partition coefficient (Wildman–Crippen LogP) is 6.96. The van der Waals surface area contributed by atoms with Gasteiger partial charge in [-0.1, -0.05) is 0 Å². The van der Waals surface area contributed by atoms with E-state index in [1.807, 2.05) is 0 Å². The van der Waals surface area contributed by atoms with Crippen molar-refractivity contribution in [1.29, 1.82) is 0 Å². The van der Waals surface area contributed by atoms with Crippen LogP contribution in [0.1, 0.15) is 28.7 Å². The second-order valence-electron chi connectivity index (χ2n) is 10.2. The van der Waals surface area contributed by atoms with Crippen LogP contribution in [0, 0.1) is 13.8 Å². The summed E-state index contributed by atoms with van der Waals surface area (Å²) in [7, 11) is 0. The van der Waals surface area contributed by atoms with E-state index < -0.39 is 14.8 Å². The Morgan fingerprint density at radius 3 is 1.83 bits per heavy atom. The second kappa shape index (κ2) is 9.77. The van der Waals surface area contributed by atoms with Gasteiger partial charge in [0, 0.05) is 0 Å². The van der Waals surface area contributed by atoms with Crippen LogP contribution < -0.4 is 11.6 Å². The first kappa shape index (κ1) is 26.6. The Kier molecular flexibility index (Phi) is 7.21. The number of hydrogen-bond acceptors (Lipinski definition) is 0. The van der Waals surface area contributed by atoms with Gasteiger partial charge in [-0.05, 0) is 0 Å². The van der Waals surface area contributed by atoms with E-state index in [-0.39, 0.29) is 24.8 Å². The van der Waals surface area contributed by atoms with Crippen LogP contribution in [0.3, 0.4) is 0 Å². The summed E-state index contributed by atoms with van der Waals surface area (Å²) in [6.45, 7) is 4.35. The van der Waals surface area contributed by atoms with Crippen molar-refractivity contribution in [2.45, 2.75) is 26.7 Å². The molecule has 36 heavy (non-hydrogen) atoms. The SMILES string of the molecule is Cl.Cl.[CH2]=[Ti]([C]1=CC=CC1)([c]1ccc(C)cc1)([c]1ccc(C)cc1)[c]1cccc2c1Cc1ccccc1-2. The van der Waals surface area contributed by atoms with Crippen LogP contribution in [0.5, 0.6) is 0 Å². The van der Waals surface area contributed by atoms with E-state index in [0.29, 0.717) is 0 Å². The van der Waals surface area contributed by atoms with Gasteiger partial charge in [0.05, 0.1) is 0 Å². The molecule has 2 aliphatic rings. The van der Waals surface area contributed by atoms with E-state index in [1.54, 1.807) is 0 Å². The molecule has 0 bridgehead atoms. The van der Waals surface area contributed by atoms with Crippen molar-refractivity contribution in [2.75, 3.05) is 0 Å². The van der Waals surface area contributed by atoms with Crippen LogP contribution in [-0.4, -0.2) is 4.82 Å². The third-order valence-electron chi connectivity index (χ3n) is 8.30. The summed E-state index contributed by atoms with van der Waals surface area (Å²) in [4.78, 5) is 5.48. The summed E-state index contributed by atoms with van der Waals surface area (Å²) in [5.41, 5.74) is 8.25. The van der Waals surface area contributed by atoms with Gasteiger partial charge in [-0.25, -0.2) is 0 Å². The van der Waals surface area contributed by atoms with Gasteiger partial charge in [0.2, 0.25) is 0 Å². The summed E-state index contributed by atoms with van der Waals surface area (Å²) in [6.07, 6.45) is 8.88. The topological polar surface area (TPSA) is 0 Å². The van der Waals surface area contributed by atoms with Crippen molar-refractivity contribution >= 4 is 41.2 Å². The van der Waals surface area contributed by atoms with Crippen LogP contribution in [0.25, 0.3) is 11.1 Å². The van der Waals surface area contributed by atoms with Crippen molar-refractivity contribution < 1.29 is 14.8 Å². The normalized spacial score (nSPS) is 13.8. The molecule has 0 spiro atoms. The number of halogens is 2. The molecule has 0 atom stereocenters. The number of hydrogen-bond donors (Lipinski definition) is 0. The Morgan fingerprint density at radius 2 is 1.25 bits per heavy atom. The summed E-state index contributed by atoms with van der Waals surface area (Å²) in [5, 5.41) is 0. The van der Waals surface area contributed by atoms with Gasteiger partial charge in [0.25, 0.3) is 0 Å². The summed E-state index contributed by atoms with van der Waals surface area (Å²) in [6, 6.07) is 34.5. The molecule has 0 radical (unpaired) electrons. The molecule has 4 aromatic carbocycles. The molecule has 0 aliphatic heterocycles. The first-order valence-electron chi connectivity index (χ1n) is 12.2. The van der Waals surface area contributed by atoms with Crippen molar-refractivity contribution in [1.82, 2.24) is 0 Å². The fourth-order valence-electron chi connectivity index (χ4n) is 6.39. The van der Waals surface area contributed by atoms with E-state index >= 15 is 0 Å². The van der Waals surface area contributed by atoms with Gasteiger partial charge in [-0.3, -0.25) is 0 Å². The monoisotopic (exact) mass is 546 g/mol. The van der Waals surface area contributed by atoms with Crippen LogP contribution in [0.2, 0.25) is 0 Å². The van der Waals surface area contributed by atoms with Crippen LogP contribution in [0.15, 0.2) is 113 Å². The van der Waals surface area contributed by atoms with Gasteiger partial charge in [-0.2, -0.15) is 0 Å². The third-order valence-corrected chi connectivity index (χ3v) is 18.7. The number of allylic oxidation sites excluding steroid dienone is 4. The van der Waals surface area contributed by atoms with Gasteiger partial charge in [-0.15, -0.1) is 24.8 Å². The van der Waals surface area contributed by atoms with Gasteiger partial charge < -0.3 is 0 Å². The quantitative estimate of drug-likeness (QED) is 0.214. The van der Waals surface area contributed by atoms with E-state index in [1.165, 1.54) is 48.9 Å². The van der Waals surface area contributed by atoms with Crippen LogP contribution in [-0.2, 0) is 21.3 Å². The zero-order chi connectivity index (χ0) is 23.4. The molecule has 6 rings (SSSR count). The third kappa shape index (κ3) is 3.66. The number of rotatable bonds is 4. The fourth-order valence-corrected chi connectivity index (χ4v) is 16.1. The molecule has 2 aliphatic carbocycles. The zero-order valence-electron chi connectivity index (χ0n) is 20.8. The molecule has 182 valence electrons. The van der Waals surface area contributed by atoms with Crippen molar-refractivity contribution in [3.63, 3.8) is 0 Å². The second-order valence-corrected chi connectivity index (χ2v) is 18.4. The van der Waals surface area contributed by atoms with Gasteiger partial charge in [0.15, 0.2) is 0 Å². The molecule has 0 fully saturated rings. The minimum absolute atomic E-state index is 0. The molecular formula is C33H32Cl2Ti. The minimum atomic E-state index is -4.20. The Hall–Kier alpha value is -2.48. The van der Waals surface area contributed by atoms with Crippen molar-refractivity contribution in [3.8, 4) is 11.1 Å². The molecule has 0 nitrogen and oxygen atoms in total. The predicted molar refractivity (Wildman–Crippen MR) is 159 cm³/mol. The van der Waals surface area contributed by atoms with Crippen molar-refractivity contribution in [3.05, 3.63) is 135 Å². The number of aryl methyl sites for hydroxylation is 2. The first-order chi connectivity index (χ1) is 16.5. The molecule has 0 heterocycles. The summed E-state index contributed by atoms with van der Waals surface area (Å²) < 4.78 is 5.80. The Morgan fingerprint density at radius 1 is 0.667 bits per heavy atom. The molecule has 0 amide bonds. The van der Waals surface area contributed by atoms with E-state index in [0.717, 1.165) is 12.8 Å². The molecule has 0 aromatic heterocycles. The molecule has 0 saturated carbocycles. The average molecular weight is 547 g/mol. The van der Waals surface area contributed by atoms with Crippen LogP contribution in [0.4, 0.5) is 0 Å². The Balaban J connectivity index is 0.00000152. The summed E-state index contributed by atoms with van der Waals surface area (Å²) in [5.74, 6) is 0. The standard InChI is InChI=1S/C13H9.2C7H7.C5H5.CH2.2ClH.Ti/c1-3-7-12-10(5-1)9-11-6-2-4-8-13(11)12;2*1-7-5-3-2-4-6-7;1-2-4-5-3-1;;;;/h1-5,7-8H,9H2;2*3-6H,1H3;1-3H,4H2;1H2;2*1H;. The van der Waals surface area contributed by atoms with Crippen LogP contribution >= 0.6 is 24.8 Å². The fraction of sp³-hybridized carbons (Fsp3) is 0.121. The maximum absolute atomic E-state index is 5.48. The zero-order valence-corrected chi connectivity index (χ0v) is 24.0. The maximum atomic E-state index is 5.48. The van der Waals surface area contributed by atoms with E-state index in [2.05, 4.69) is 123 Å². The molecule has 0 saturated heterocycles. The molecule has 3 heteroatoms. The number of fused-ring (bicyclic) bond motifs is 3. The number of benzene rings is 4. The average Bonchev–Trinajstić information content (AvgIpc) is 3.53. The molecule has 0 N–H and O–H groups in total. The Bertz CT molecular complexity index is 1510. The van der Waals surface area contributed by atoms with Crippen molar-refractivity contribution in [2.24, 2.45) is 0 Å². The summed E-state index contributed by atoms with van der Waals surface area (Å²) >= 11 is -4.20. The molecule has 4 aromatic rings. The first-order valence-corrected chi connectivity index (χ1v) is 16.5. The molecular weight excluding hydrogens is 515 g/mol. The van der Waals surface area contributed by atoms with Gasteiger partial charge >= 0.3 is 204 Å². The molecule has 0 unspecified atom stereocenters.